The van der Waals surface area contributed by atoms with Crippen molar-refractivity contribution in [3.05, 3.63) is 23.3 Å². The van der Waals surface area contributed by atoms with E-state index in [2.05, 4.69) is 0 Å². The average Bonchev–Trinajstić information content (AvgIpc) is 2.45. The van der Waals surface area contributed by atoms with E-state index >= 15 is 0 Å². The number of aryl methyl sites for hydroxylation is 2. The Morgan fingerprint density at radius 3 is 2.52 bits per heavy atom. The van der Waals surface area contributed by atoms with Gasteiger partial charge in [-0.25, -0.2) is 8.42 Å². The van der Waals surface area contributed by atoms with E-state index in [1.165, 1.54) is 7.11 Å². The highest BCUT2D eigenvalue weighted by molar-refractivity contribution is 7.89. The van der Waals surface area contributed by atoms with E-state index in [1.54, 1.807) is 10.4 Å². The van der Waals surface area contributed by atoms with Crippen LogP contribution in [0.3, 0.4) is 0 Å². The van der Waals surface area contributed by atoms with Gasteiger partial charge in [0, 0.05) is 18.6 Å². The lowest BCUT2D eigenvalue weighted by Gasteiger charge is -2.37. The van der Waals surface area contributed by atoms with Crippen molar-refractivity contribution in [1.82, 2.24) is 4.31 Å². The van der Waals surface area contributed by atoms with Crippen molar-refractivity contribution in [2.75, 3.05) is 13.7 Å². The second-order valence-electron chi connectivity index (χ2n) is 6.15. The second-order valence-corrected chi connectivity index (χ2v) is 7.98. The highest BCUT2D eigenvalue weighted by atomic mass is 35.5. The molecule has 7 heteroatoms. The summed E-state index contributed by atoms with van der Waals surface area (Å²) in [6.07, 6.45) is 2.70. The number of sulfonamides is 1. The summed E-state index contributed by atoms with van der Waals surface area (Å²) in [5.41, 5.74) is 7.72. The van der Waals surface area contributed by atoms with Gasteiger partial charge in [0.15, 0.2) is 0 Å². The zero-order chi connectivity index (χ0) is 16.5. The van der Waals surface area contributed by atoms with Crippen molar-refractivity contribution in [2.45, 2.75) is 57.0 Å². The molecule has 132 valence electrons. The number of ether oxygens (including phenoxy) is 1. The summed E-state index contributed by atoms with van der Waals surface area (Å²) in [5, 5.41) is 0. The first-order valence-corrected chi connectivity index (χ1v) is 9.15. The van der Waals surface area contributed by atoms with E-state index in [4.69, 9.17) is 10.5 Å². The van der Waals surface area contributed by atoms with Crippen LogP contribution < -0.4 is 10.5 Å². The minimum absolute atomic E-state index is 0. The van der Waals surface area contributed by atoms with Crippen LogP contribution in [0.25, 0.3) is 0 Å². The summed E-state index contributed by atoms with van der Waals surface area (Å²) in [6, 6.07) is 3.31. The first-order chi connectivity index (χ1) is 10.3. The molecule has 2 rings (SSSR count). The highest BCUT2D eigenvalue weighted by Crippen LogP contribution is 2.34. The lowest BCUT2D eigenvalue weighted by atomic mass is 10.00. The monoisotopic (exact) mass is 362 g/mol. The molecule has 0 radical (unpaired) electrons. The largest absolute Gasteiger partial charge is 0.495 e. The Hall–Kier alpha value is -0.820. The molecule has 1 heterocycles. The summed E-state index contributed by atoms with van der Waals surface area (Å²) in [4.78, 5) is 0.271. The third kappa shape index (κ3) is 3.99. The van der Waals surface area contributed by atoms with E-state index in [1.807, 2.05) is 26.8 Å². The minimum atomic E-state index is -3.62. The van der Waals surface area contributed by atoms with Crippen LogP contribution in [0.1, 0.15) is 37.3 Å². The average molecular weight is 363 g/mol. The van der Waals surface area contributed by atoms with Crippen molar-refractivity contribution in [2.24, 2.45) is 5.73 Å². The van der Waals surface area contributed by atoms with E-state index in [0.717, 1.165) is 24.8 Å². The Balaban J connectivity index is 0.00000264. The predicted molar refractivity (Wildman–Crippen MR) is 94.9 cm³/mol. The number of piperidine rings is 1. The maximum Gasteiger partial charge on any atom is 0.247 e. The Morgan fingerprint density at radius 2 is 1.96 bits per heavy atom. The van der Waals surface area contributed by atoms with Crippen LogP contribution in [-0.2, 0) is 10.0 Å². The van der Waals surface area contributed by atoms with Gasteiger partial charge in [-0.2, -0.15) is 4.31 Å². The van der Waals surface area contributed by atoms with Crippen LogP contribution in [0, 0.1) is 13.8 Å². The number of nitrogens with two attached hydrogens (primary N) is 1. The molecule has 1 aliphatic heterocycles. The van der Waals surface area contributed by atoms with Gasteiger partial charge in [0.1, 0.15) is 10.6 Å². The van der Waals surface area contributed by atoms with E-state index in [9.17, 15) is 8.42 Å². The number of rotatable bonds is 4. The fourth-order valence-corrected chi connectivity index (χ4v) is 5.39. The molecule has 1 fully saturated rings. The molecule has 2 atom stereocenters. The van der Waals surface area contributed by atoms with Gasteiger partial charge in [-0.15, -0.1) is 12.4 Å². The first kappa shape index (κ1) is 20.2. The Labute approximate surface area is 145 Å². The maximum atomic E-state index is 13.2. The summed E-state index contributed by atoms with van der Waals surface area (Å²) in [6.45, 7) is 6.13. The van der Waals surface area contributed by atoms with Crippen LogP contribution in [-0.4, -0.2) is 38.5 Å². The van der Waals surface area contributed by atoms with Crippen LogP contribution in [0.15, 0.2) is 17.0 Å². The van der Waals surface area contributed by atoms with Crippen molar-refractivity contribution in [3.63, 3.8) is 0 Å². The number of benzene rings is 1. The zero-order valence-electron chi connectivity index (χ0n) is 14.2. The van der Waals surface area contributed by atoms with Crippen molar-refractivity contribution in [1.29, 1.82) is 0 Å². The third-order valence-corrected chi connectivity index (χ3v) is 6.39. The number of hydrogen-bond acceptors (Lipinski definition) is 4. The van der Waals surface area contributed by atoms with Crippen molar-refractivity contribution in [3.8, 4) is 5.75 Å². The Morgan fingerprint density at radius 1 is 1.30 bits per heavy atom. The second kappa shape index (κ2) is 7.83. The van der Waals surface area contributed by atoms with Gasteiger partial charge < -0.3 is 10.5 Å². The van der Waals surface area contributed by atoms with Gasteiger partial charge >= 0.3 is 0 Å². The fraction of sp³-hybridized carbons (Fsp3) is 0.625. The zero-order valence-corrected chi connectivity index (χ0v) is 15.8. The van der Waals surface area contributed by atoms with Crippen molar-refractivity contribution >= 4 is 22.4 Å². The molecule has 0 aromatic heterocycles. The molecule has 0 aliphatic carbocycles. The smallest absolute Gasteiger partial charge is 0.247 e. The highest BCUT2D eigenvalue weighted by Gasteiger charge is 2.37. The van der Waals surface area contributed by atoms with Gasteiger partial charge in [0.05, 0.1) is 7.11 Å². The van der Waals surface area contributed by atoms with E-state index in [0.29, 0.717) is 17.9 Å². The molecule has 0 bridgehead atoms. The standard InChI is InChI=1S/C16H26N2O3S.ClH/c1-11-9-12(2)16(15(10-11)21-4)22(19,20)18-8-6-5-7-14(18)13(3)17;/h9-10,13-14H,5-8,17H2,1-4H3;1H. The molecule has 1 aliphatic rings. The summed E-state index contributed by atoms with van der Waals surface area (Å²) in [5.74, 6) is 0.409. The van der Waals surface area contributed by atoms with Crippen LogP contribution in [0.4, 0.5) is 0 Å². The lowest BCUT2D eigenvalue weighted by molar-refractivity contribution is 0.226. The fourth-order valence-electron chi connectivity index (χ4n) is 3.27. The summed E-state index contributed by atoms with van der Waals surface area (Å²) < 4.78 is 33.3. The van der Waals surface area contributed by atoms with Gasteiger partial charge in [-0.3, -0.25) is 0 Å². The SMILES string of the molecule is COc1cc(C)cc(C)c1S(=O)(=O)N1CCCCC1C(C)N.Cl. The van der Waals surface area contributed by atoms with Crippen LogP contribution >= 0.6 is 12.4 Å². The lowest BCUT2D eigenvalue weighted by Crippen LogP contribution is -2.51. The van der Waals surface area contributed by atoms with Gasteiger partial charge in [0.2, 0.25) is 10.0 Å². The molecule has 1 saturated heterocycles. The molecule has 1 aromatic carbocycles. The number of halogens is 1. The van der Waals surface area contributed by atoms with E-state index in [-0.39, 0.29) is 29.4 Å². The Kier molecular flexibility index (Phi) is 6.89. The number of hydrogen-bond donors (Lipinski definition) is 1. The summed E-state index contributed by atoms with van der Waals surface area (Å²) in [7, 11) is -2.11. The third-order valence-electron chi connectivity index (χ3n) is 4.28. The normalized spacial score (nSPS) is 20.7. The minimum Gasteiger partial charge on any atom is -0.495 e. The quantitative estimate of drug-likeness (QED) is 0.893. The summed E-state index contributed by atoms with van der Waals surface area (Å²) >= 11 is 0. The van der Waals surface area contributed by atoms with Crippen molar-refractivity contribution < 1.29 is 13.2 Å². The molecule has 23 heavy (non-hydrogen) atoms. The topological polar surface area (TPSA) is 72.6 Å². The molecule has 2 unspecified atom stereocenters. The number of nitrogens with zero attached hydrogens (tertiary/aromatic N) is 1. The molecule has 0 amide bonds. The molecule has 5 nitrogen and oxygen atoms in total. The van der Waals surface area contributed by atoms with Gasteiger partial charge in [0.25, 0.3) is 0 Å². The molecular weight excluding hydrogens is 336 g/mol. The first-order valence-electron chi connectivity index (χ1n) is 7.71. The molecule has 1 aromatic rings. The van der Waals surface area contributed by atoms with Crippen LogP contribution in [0.2, 0.25) is 0 Å². The molecule has 0 spiro atoms. The molecular formula is C16H27ClN2O3S. The Bertz CT molecular complexity index is 647. The molecule has 0 saturated carbocycles. The van der Waals surface area contributed by atoms with E-state index < -0.39 is 10.0 Å². The maximum absolute atomic E-state index is 13.2. The van der Waals surface area contributed by atoms with Gasteiger partial charge in [-0.05, 0) is 50.8 Å². The number of methoxy groups -OCH3 is 1. The van der Waals surface area contributed by atoms with Crippen LogP contribution in [0.5, 0.6) is 5.75 Å². The van der Waals surface area contributed by atoms with Gasteiger partial charge in [-0.1, -0.05) is 12.5 Å². The predicted octanol–water partition coefficient (Wildman–Crippen LogP) is 2.62. The molecule has 2 N–H and O–H groups in total.